The van der Waals surface area contributed by atoms with Crippen LogP contribution >= 0.6 is 0 Å². The summed E-state index contributed by atoms with van der Waals surface area (Å²) in [7, 11) is 1.96. The second kappa shape index (κ2) is 6.30. The van der Waals surface area contributed by atoms with Gasteiger partial charge in [0.15, 0.2) is 0 Å². The summed E-state index contributed by atoms with van der Waals surface area (Å²) in [5, 5.41) is 7.10. The van der Waals surface area contributed by atoms with Crippen molar-refractivity contribution in [2.75, 3.05) is 13.1 Å². The van der Waals surface area contributed by atoms with Crippen LogP contribution in [0, 0.1) is 0 Å². The van der Waals surface area contributed by atoms with E-state index in [9.17, 15) is 4.79 Å². The molecule has 0 unspecified atom stereocenters. The summed E-state index contributed by atoms with van der Waals surface area (Å²) < 4.78 is 7.43. The monoisotopic (exact) mass is 331 g/mol. The Morgan fingerprint density at radius 3 is 2.62 bits per heavy atom. The van der Waals surface area contributed by atoms with Crippen LogP contribution in [-0.2, 0) is 7.05 Å². The van der Waals surface area contributed by atoms with Gasteiger partial charge in [0, 0.05) is 37.8 Å². The van der Waals surface area contributed by atoms with Crippen molar-refractivity contribution in [1.29, 1.82) is 0 Å². The number of aromatic nitrogens is 3. The molecule has 1 saturated heterocycles. The molecule has 2 amide bonds. The summed E-state index contributed by atoms with van der Waals surface area (Å²) in [6.07, 6.45) is 3.64. The molecule has 0 aromatic carbocycles. The van der Waals surface area contributed by atoms with Crippen LogP contribution in [0.4, 0.5) is 4.79 Å². The van der Waals surface area contributed by atoms with E-state index in [4.69, 9.17) is 4.52 Å². The van der Waals surface area contributed by atoms with Gasteiger partial charge in [-0.05, 0) is 45.7 Å². The maximum absolute atomic E-state index is 12.2. The number of hydrogen-bond acceptors (Lipinski definition) is 4. The molecule has 2 aromatic heterocycles. The van der Waals surface area contributed by atoms with Gasteiger partial charge in [-0.1, -0.05) is 5.16 Å². The van der Waals surface area contributed by atoms with E-state index in [1.54, 1.807) is 0 Å². The highest BCUT2D eigenvalue weighted by atomic mass is 16.5. The number of piperidine rings is 1. The van der Waals surface area contributed by atoms with E-state index in [1.807, 2.05) is 55.6 Å². The average Bonchev–Trinajstić information content (AvgIpc) is 3.14. The Hall–Kier alpha value is -2.31. The molecule has 3 heterocycles. The number of nitrogens with zero attached hydrogens (tertiary/aromatic N) is 4. The third kappa shape index (κ3) is 3.60. The average molecular weight is 331 g/mol. The number of carbonyl (C=O) groups excluding carboxylic acids is 1. The van der Waals surface area contributed by atoms with Crippen molar-refractivity contribution >= 4 is 6.03 Å². The van der Waals surface area contributed by atoms with Gasteiger partial charge in [-0.2, -0.15) is 4.98 Å². The molecule has 1 N–H and O–H groups in total. The van der Waals surface area contributed by atoms with Crippen molar-refractivity contribution < 1.29 is 9.32 Å². The molecule has 7 heteroatoms. The summed E-state index contributed by atoms with van der Waals surface area (Å²) in [4.78, 5) is 18.6. The Bertz CT molecular complexity index is 705. The fraction of sp³-hybridized carbons (Fsp3) is 0.588. The first-order valence-electron chi connectivity index (χ1n) is 8.36. The van der Waals surface area contributed by atoms with Crippen molar-refractivity contribution in [3.8, 4) is 11.5 Å². The van der Waals surface area contributed by atoms with E-state index in [1.165, 1.54) is 0 Å². The quantitative estimate of drug-likeness (QED) is 0.918. The predicted molar refractivity (Wildman–Crippen MR) is 90.5 cm³/mol. The molecule has 3 rings (SSSR count). The summed E-state index contributed by atoms with van der Waals surface area (Å²) in [6, 6.07) is 3.92. The highest BCUT2D eigenvalue weighted by Crippen LogP contribution is 2.28. The van der Waals surface area contributed by atoms with E-state index < -0.39 is 0 Å². The molecular weight excluding hydrogens is 306 g/mol. The summed E-state index contributed by atoms with van der Waals surface area (Å²) >= 11 is 0. The molecule has 0 atom stereocenters. The van der Waals surface area contributed by atoms with E-state index in [0.717, 1.165) is 18.5 Å². The Kier molecular flexibility index (Phi) is 4.34. The molecule has 0 aliphatic carbocycles. The zero-order valence-electron chi connectivity index (χ0n) is 14.7. The first-order valence-corrected chi connectivity index (χ1v) is 8.36. The van der Waals surface area contributed by atoms with Crippen molar-refractivity contribution in [3.63, 3.8) is 0 Å². The van der Waals surface area contributed by atoms with Crippen molar-refractivity contribution in [2.24, 2.45) is 7.05 Å². The summed E-state index contributed by atoms with van der Waals surface area (Å²) in [5.74, 6) is 1.50. The van der Waals surface area contributed by atoms with Crippen molar-refractivity contribution in [3.05, 3.63) is 24.2 Å². The lowest BCUT2D eigenvalue weighted by molar-refractivity contribution is 0.167. The third-order valence-electron chi connectivity index (χ3n) is 4.23. The molecule has 1 aliphatic rings. The first kappa shape index (κ1) is 16.5. The topological polar surface area (TPSA) is 76.2 Å². The van der Waals surface area contributed by atoms with Crippen molar-refractivity contribution in [2.45, 2.75) is 45.1 Å². The minimum atomic E-state index is -0.218. The van der Waals surface area contributed by atoms with Crippen LogP contribution in [0.25, 0.3) is 11.5 Å². The first-order chi connectivity index (χ1) is 11.3. The van der Waals surface area contributed by atoms with E-state index >= 15 is 0 Å². The standard InChI is InChI=1S/C17H25N5O2/c1-17(2,3)19-16(23)22-10-7-12(8-11-22)15-18-14(20-24-15)13-6-5-9-21(13)4/h5-6,9,12H,7-8,10-11H2,1-4H3,(H,19,23). The molecule has 2 aromatic rings. The fourth-order valence-corrected chi connectivity index (χ4v) is 2.93. The molecule has 7 nitrogen and oxygen atoms in total. The maximum atomic E-state index is 12.2. The summed E-state index contributed by atoms with van der Waals surface area (Å²) in [6.45, 7) is 7.37. The number of hydrogen-bond donors (Lipinski definition) is 1. The molecule has 1 fully saturated rings. The molecule has 0 bridgehead atoms. The number of rotatable bonds is 2. The molecular formula is C17H25N5O2. The number of carbonyl (C=O) groups is 1. The zero-order chi connectivity index (χ0) is 17.3. The SMILES string of the molecule is Cn1cccc1-c1noc(C2CCN(C(=O)NC(C)(C)C)CC2)n1. The van der Waals surface area contributed by atoms with Gasteiger partial charge in [0.25, 0.3) is 0 Å². The molecule has 1 aliphatic heterocycles. The van der Waals surface area contributed by atoms with E-state index in [-0.39, 0.29) is 17.5 Å². The van der Waals surface area contributed by atoms with Crippen LogP contribution < -0.4 is 5.32 Å². The van der Waals surface area contributed by atoms with Gasteiger partial charge in [0.05, 0.1) is 5.69 Å². The Morgan fingerprint density at radius 2 is 2.04 bits per heavy atom. The Morgan fingerprint density at radius 1 is 1.33 bits per heavy atom. The van der Waals surface area contributed by atoms with Gasteiger partial charge in [-0.15, -0.1) is 0 Å². The molecule has 0 radical (unpaired) electrons. The van der Waals surface area contributed by atoms with Crippen LogP contribution in [0.2, 0.25) is 0 Å². The minimum absolute atomic E-state index is 0.00372. The van der Waals surface area contributed by atoms with E-state index in [0.29, 0.717) is 24.8 Å². The highest BCUT2D eigenvalue weighted by Gasteiger charge is 2.29. The molecule has 24 heavy (non-hydrogen) atoms. The number of aryl methyl sites for hydroxylation is 1. The Labute approximate surface area is 142 Å². The van der Waals surface area contributed by atoms with Crippen LogP contribution in [0.5, 0.6) is 0 Å². The van der Waals surface area contributed by atoms with Gasteiger partial charge < -0.3 is 19.3 Å². The Balaban J connectivity index is 1.60. The van der Waals surface area contributed by atoms with Crippen LogP contribution in [0.1, 0.15) is 45.4 Å². The second-order valence-corrected chi connectivity index (χ2v) is 7.40. The van der Waals surface area contributed by atoms with E-state index in [2.05, 4.69) is 15.5 Å². The summed E-state index contributed by atoms with van der Waals surface area (Å²) in [5.41, 5.74) is 0.719. The lowest BCUT2D eigenvalue weighted by Gasteiger charge is -2.33. The number of amides is 2. The second-order valence-electron chi connectivity index (χ2n) is 7.40. The number of urea groups is 1. The van der Waals surface area contributed by atoms with Gasteiger partial charge in [-0.25, -0.2) is 4.79 Å². The van der Waals surface area contributed by atoms with Crippen LogP contribution in [-0.4, -0.2) is 44.3 Å². The molecule has 130 valence electrons. The number of nitrogens with one attached hydrogen (secondary N) is 1. The molecule has 0 saturated carbocycles. The van der Waals surface area contributed by atoms with Gasteiger partial charge in [0.2, 0.25) is 11.7 Å². The largest absolute Gasteiger partial charge is 0.348 e. The smallest absolute Gasteiger partial charge is 0.317 e. The van der Waals surface area contributed by atoms with Crippen LogP contribution in [0.15, 0.2) is 22.9 Å². The van der Waals surface area contributed by atoms with Gasteiger partial charge >= 0.3 is 6.03 Å². The highest BCUT2D eigenvalue weighted by molar-refractivity contribution is 5.75. The normalized spacial score (nSPS) is 16.4. The van der Waals surface area contributed by atoms with Gasteiger partial charge in [-0.3, -0.25) is 0 Å². The maximum Gasteiger partial charge on any atom is 0.317 e. The van der Waals surface area contributed by atoms with Crippen LogP contribution in [0.3, 0.4) is 0 Å². The van der Waals surface area contributed by atoms with Crippen molar-refractivity contribution in [1.82, 2.24) is 24.9 Å². The number of likely N-dealkylation sites (tertiary alicyclic amines) is 1. The lowest BCUT2D eigenvalue weighted by Crippen LogP contribution is -2.50. The minimum Gasteiger partial charge on any atom is -0.348 e. The zero-order valence-corrected chi connectivity index (χ0v) is 14.7. The fourth-order valence-electron chi connectivity index (χ4n) is 2.93. The van der Waals surface area contributed by atoms with Gasteiger partial charge in [0.1, 0.15) is 0 Å². The lowest BCUT2D eigenvalue weighted by atomic mass is 9.97. The predicted octanol–water partition coefficient (Wildman–Crippen LogP) is 2.76. The molecule has 0 spiro atoms. The third-order valence-corrected chi connectivity index (χ3v) is 4.23.